The van der Waals surface area contributed by atoms with Gasteiger partial charge >= 0.3 is 0 Å². The molecule has 0 saturated carbocycles. The molecule has 0 aliphatic carbocycles. The molecule has 0 radical (unpaired) electrons. The zero-order chi connectivity index (χ0) is 17.1. The van der Waals surface area contributed by atoms with Crippen molar-refractivity contribution in [2.75, 3.05) is 17.3 Å². The Labute approximate surface area is 158 Å². The number of para-hydroxylation sites is 2. The Kier molecular flexibility index (Phi) is 5.29. The molecule has 0 atom stereocenters. The summed E-state index contributed by atoms with van der Waals surface area (Å²) in [6.07, 6.45) is 0. The van der Waals surface area contributed by atoms with Crippen LogP contribution in [-0.4, -0.2) is 12.9 Å². The van der Waals surface area contributed by atoms with Crippen LogP contribution in [0.3, 0.4) is 0 Å². The van der Waals surface area contributed by atoms with E-state index < -0.39 is 0 Å². The van der Waals surface area contributed by atoms with Gasteiger partial charge in [0.2, 0.25) is 0 Å². The highest BCUT2D eigenvalue weighted by molar-refractivity contribution is 6.02. The van der Waals surface area contributed by atoms with E-state index >= 15 is 0 Å². The first-order valence-electron chi connectivity index (χ1n) is 8.05. The summed E-state index contributed by atoms with van der Waals surface area (Å²) in [6, 6.07) is 28.0. The number of nitrogens with one attached hydrogen (secondary N) is 1. The smallest absolute Gasteiger partial charge is 0.176 e. The summed E-state index contributed by atoms with van der Waals surface area (Å²) >= 11 is 0. The first kappa shape index (κ1) is 17.6. The third-order valence-corrected chi connectivity index (χ3v) is 3.95. The van der Waals surface area contributed by atoms with Crippen molar-refractivity contribution in [1.82, 2.24) is 5.43 Å². The Morgan fingerprint density at radius 1 is 0.769 bits per heavy atom. The van der Waals surface area contributed by atoms with Crippen molar-refractivity contribution in [3.8, 4) is 5.75 Å². The molecule has 0 spiro atoms. The number of hydrazone groups is 1. The summed E-state index contributed by atoms with van der Waals surface area (Å²) in [6.45, 7) is 0. The molecule has 1 heterocycles. The van der Waals surface area contributed by atoms with E-state index in [1.165, 1.54) is 0 Å². The maximum Gasteiger partial charge on any atom is 0.176 e. The zero-order valence-electron chi connectivity index (χ0n) is 14.2. The molecule has 4 rings (SSSR count). The summed E-state index contributed by atoms with van der Waals surface area (Å²) in [4.78, 5) is 0. The number of methoxy groups -OCH3 is 1. The zero-order valence-corrected chi connectivity index (χ0v) is 15.1. The Bertz CT molecular complexity index is 869. The van der Waals surface area contributed by atoms with Gasteiger partial charge in [-0.25, -0.2) is 0 Å². The largest absolute Gasteiger partial charge is 0.497 e. The fourth-order valence-electron chi connectivity index (χ4n) is 2.66. The molecular formula is C20H19ClN4O. The van der Waals surface area contributed by atoms with Gasteiger partial charge in [0.25, 0.3) is 0 Å². The van der Waals surface area contributed by atoms with Gasteiger partial charge in [-0.05, 0) is 48.5 Å². The van der Waals surface area contributed by atoms with E-state index in [0.29, 0.717) is 0 Å². The number of benzene rings is 3. The summed E-state index contributed by atoms with van der Waals surface area (Å²) in [7, 11) is 1.66. The molecular weight excluding hydrogens is 348 g/mol. The number of hydrazine groups is 2. The van der Waals surface area contributed by atoms with Gasteiger partial charge in [0.15, 0.2) is 5.84 Å². The van der Waals surface area contributed by atoms with Crippen LogP contribution < -0.4 is 20.4 Å². The minimum Gasteiger partial charge on any atom is -0.497 e. The molecule has 0 fully saturated rings. The summed E-state index contributed by atoms with van der Waals surface area (Å²) in [5, 5.41) is 8.55. The van der Waals surface area contributed by atoms with Crippen LogP contribution in [0.5, 0.6) is 5.75 Å². The Hall–Kier alpha value is -3.18. The van der Waals surface area contributed by atoms with Crippen molar-refractivity contribution in [1.29, 1.82) is 0 Å². The second kappa shape index (κ2) is 7.80. The van der Waals surface area contributed by atoms with Gasteiger partial charge in [-0.15, -0.1) is 17.5 Å². The number of ether oxygens (including phenoxy) is 1. The van der Waals surface area contributed by atoms with E-state index in [9.17, 15) is 0 Å². The van der Waals surface area contributed by atoms with Gasteiger partial charge in [-0.3, -0.25) is 5.43 Å². The quantitative estimate of drug-likeness (QED) is 0.750. The SMILES string of the molecule is COc1ccc(C2=NN(c3ccccc3)N(c3ccccc3)N2)cc1.Cl. The standard InChI is InChI=1S/C20H18N4O.ClH/c1-25-19-14-12-16(13-15-19)20-21-23(17-8-4-2-5-9-17)24(22-20)18-10-6-3-7-11-18;/h2-15H,1H3,(H,21,22);1H. The van der Waals surface area contributed by atoms with Crippen LogP contribution in [0.25, 0.3) is 0 Å². The second-order valence-corrected chi connectivity index (χ2v) is 5.56. The Morgan fingerprint density at radius 2 is 1.35 bits per heavy atom. The minimum absolute atomic E-state index is 0. The molecule has 26 heavy (non-hydrogen) atoms. The van der Waals surface area contributed by atoms with Gasteiger partial charge in [-0.2, -0.15) is 10.2 Å². The highest BCUT2D eigenvalue weighted by atomic mass is 35.5. The maximum absolute atomic E-state index is 5.23. The molecule has 6 heteroatoms. The molecule has 1 N–H and O–H groups in total. The lowest BCUT2D eigenvalue weighted by Gasteiger charge is -2.27. The lowest BCUT2D eigenvalue weighted by Crippen LogP contribution is -2.44. The normalized spacial score (nSPS) is 12.9. The lowest BCUT2D eigenvalue weighted by atomic mass is 10.2. The van der Waals surface area contributed by atoms with Crippen LogP contribution in [0.1, 0.15) is 5.56 Å². The van der Waals surface area contributed by atoms with Gasteiger partial charge < -0.3 is 4.74 Å². The van der Waals surface area contributed by atoms with E-state index in [-0.39, 0.29) is 12.4 Å². The van der Waals surface area contributed by atoms with Crippen LogP contribution in [0.2, 0.25) is 0 Å². The average Bonchev–Trinajstić information content (AvgIpc) is 3.15. The number of hydrogen-bond donors (Lipinski definition) is 1. The van der Waals surface area contributed by atoms with E-state index in [2.05, 4.69) is 5.43 Å². The van der Waals surface area contributed by atoms with Crippen molar-refractivity contribution in [2.24, 2.45) is 5.10 Å². The fourth-order valence-corrected chi connectivity index (χ4v) is 2.66. The number of halogens is 1. The summed E-state index contributed by atoms with van der Waals surface area (Å²) in [5.74, 6) is 1.59. The second-order valence-electron chi connectivity index (χ2n) is 5.56. The monoisotopic (exact) mass is 366 g/mol. The van der Waals surface area contributed by atoms with Gasteiger partial charge in [0.1, 0.15) is 5.75 Å². The van der Waals surface area contributed by atoms with Crippen LogP contribution in [0, 0.1) is 0 Å². The minimum atomic E-state index is 0. The Morgan fingerprint density at radius 3 is 1.92 bits per heavy atom. The first-order valence-corrected chi connectivity index (χ1v) is 8.05. The van der Waals surface area contributed by atoms with E-state index in [1.807, 2.05) is 95.2 Å². The van der Waals surface area contributed by atoms with Gasteiger partial charge in [0.05, 0.1) is 18.5 Å². The molecule has 3 aromatic carbocycles. The Balaban J connectivity index is 0.00000196. The van der Waals surface area contributed by atoms with E-state index in [0.717, 1.165) is 28.5 Å². The topological polar surface area (TPSA) is 40.1 Å². The summed E-state index contributed by atoms with van der Waals surface area (Å²) in [5.41, 5.74) is 6.34. The number of rotatable bonds is 4. The number of amidine groups is 1. The van der Waals surface area contributed by atoms with E-state index in [1.54, 1.807) is 7.11 Å². The number of nitrogens with zero attached hydrogens (tertiary/aromatic N) is 3. The number of anilines is 2. The molecule has 0 bridgehead atoms. The van der Waals surface area contributed by atoms with Crippen molar-refractivity contribution >= 4 is 29.6 Å². The molecule has 0 unspecified atom stereocenters. The lowest BCUT2D eigenvalue weighted by molar-refractivity contribution is 0.415. The third kappa shape index (κ3) is 3.43. The van der Waals surface area contributed by atoms with Crippen molar-refractivity contribution in [3.05, 3.63) is 90.5 Å². The van der Waals surface area contributed by atoms with Crippen molar-refractivity contribution < 1.29 is 4.74 Å². The van der Waals surface area contributed by atoms with Crippen LogP contribution >= 0.6 is 12.4 Å². The van der Waals surface area contributed by atoms with Gasteiger partial charge in [-0.1, -0.05) is 36.4 Å². The highest BCUT2D eigenvalue weighted by Crippen LogP contribution is 2.25. The van der Waals surface area contributed by atoms with E-state index in [4.69, 9.17) is 9.84 Å². The molecule has 132 valence electrons. The molecule has 0 aromatic heterocycles. The summed E-state index contributed by atoms with van der Waals surface area (Å²) < 4.78 is 5.23. The molecule has 0 saturated heterocycles. The predicted molar refractivity (Wildman–Crippen MR) is 108 cm³/mol. The van der Waals surface area contributed by atoms with Gasteiger partial charge in [0, 0.05) is 5.56 Å². The predicted octanol–water partition coefficient (Wildman–Crippen LogP) is 4.23. The maximum atomic E-state index is 5.23. The number of hydrogen-bond acceptors (Lipinski definition) is 5. The third-order valence-electron chi connectivity index (χ3n) is 3.95. The van der Waals surface area contributed by atoms with Crippen molar-refractivity contribution in [2.45, 2.75) is 0 Å². The molecule has 3 aromatic rings. The van der Waals surface area contributed by atoms with Crippen LogP contribution in [0.4, 0.5) is 11.4 Å². The highest BCUT2D eigenvalue weighted by Gasteiger charge is 2.26. The molecule has 5 nitrogen and oxygen atoms in total. The van der Waals surface area contributed by atoms with Crippen LogP contribution in [-0.2, 0) is 0 Å². The fraction of sp³-hybridized carbons (Fsp3) is 0.0500. The molecule has 1 aliphatic heterocycles. The average molecular weight is 367 g/mol. The first-order chi connectivity index (χ1) is 12.3. The molecule has 0 amide bonds. The van der Waals surface area contributed by atoms with Crippen molar-refractivity contribution in [3.63, 3.8) is 0 Å². The molecule has 1 aliphatic rings. The van der Waals surface area contributed by atoms with Crippen LogP contribution in [0.15, 0.2) is 90.0 Å².